The maximum Gasteiger partial charge on any atom is 0.255 e. The molecule has 2 aromatic carbocycles. The van der Waals surface area contributed by atoms with Crippen molar-refractivity contribution in [1.29, 1.82) is 0 Å². The molecule has 0 fully saturated rings. The van der Waals surface area contributed by atoms with Crippen molar-refractivity contribution in [3.8, 4) is 28.5 Å². The van der Waals surface area contributed by atoms with Crippen molar-refractivity contribution in [2.45, 2.75) is 32.1 Å². The average molecular weight is 492 g/mol. The van der Waals surface area contributed by atoms with Crippen LogP contribution in [0.4, 0.5) is 5.82 Å². The molecule has 2 N–H and O–H groups in total. The Morgan fingerprint density at radius 2 is 1.76 bits per heavy atom. The number of anilines is 1. The molecule has 0 saturated heterocycles. The van der Waals surface area contributed by atoms with E-state index in [1.165, 1.54) is 4.68 Å². The monoisotopic (exact) mass is 491 g/mol. The first-order valence-electron chi connectivity index (χ1n) is 12.3. The zero-order valence-corrected chi connectivity index (χ0v) is 20.1. The van der Waals surface area contributed by atoms with Gasteiger partial charge < -0.3 is 9.73 Å². The lowest BCUT2D eigenvalue weighted by molar-refractivity contribution is -0.115. The summed E-state index contributed by atoms with van der Waals surface area (Å²) in [6.07, 6.45) is 5.19. The molecule has 0 aliphatic heterocycles. The molecule has 3 aromatic heterocycles. The summed E-state index contributed by atoms with van der Waals surface area (Å²) < 4.78 is 6.97. The van der Waals surface area contributed by atoms with Gasteiger partial charge in [-0.25, -0.2) is 4.98 Å². The second kappa shape index (κ2) is 9.73. The molecule has 37 heavy (non-hydrogen) atoms. The molecular weight excluding hydrogens is 466 g/mol. The first kappa shape index (κ1) is 22.7. The Kier molecular flexibility index (Phi) is 5.98. The fraction of sp³-hybridized carbons (Fsp3) is 0.172. The summed E-state index contributed by atoms with van der Waals surface area (Å²) in [4.78, 5) is 33.3. The van der Waals surface area contributed by atoms with Crippen LogP contribution in [0.25, 0.3) is 28.5 Å². The van der Waals surface area contributed by atoms with Crippen LogP contribution in [-0.2, 0) is 24.1 Å². The molecule has 0 bridgehead atoms. The first-order chi connectivity index (χ1) is 18.1. The van der Waals surface area contributed by atoms with Gasteiger partial charge in [0.05, 0.1) is 18.4 Å². The number of rotatable bonds is 6. The number of aryl methyl sites for hydroxylation is 1. The van der Waals surface area contributed by atoms with Gasteiger partial charge in [0.1, 0.15) is 11.5 Å². The molecule has 1 aliphatic carbocycles. The summed E-state index contributed by atoms with van der Waals surface area (Å²) in [6.45, 7) is 0. The highest BCUT2D eigenvalue weighted by atomic mass is 16.3. The molecule has 6 rings (SSSR count). The van der Waals surface area contributed by atoms with E-state index < -0.39 is 0 Å². The van der Waals surface area contributed by atoms with Crippen molar-refractivity contribution in [3.63, 3.8) is 0 Å². The molecule has 0 spiro atoms. The Morgan fingerprint density at radius 1 is 0.973 bits per heavy atom. The van der Waals surface area contributed by atoms with Gasteiger partial charge in [-0.15, -0.1) is 0 Å². The third-order valence-electron chi connectivity index (χ3n) is 6.56. The molecular formula is C29H25N5O3. The van der Waals surface area contributed by atoms with Gasteiger partial charge in [-0.3, -0.25) is 14.6 Å². The summed E-state index contributed by atoms with van der Waals surface area (Å²) in [7, 11) is 0. The average Bonchev–Trinajstić information content (AvgIpc) is 3.60. The third kappa shape index (κ3) is 4.73. The van der Waals surface area contributed by atoms with Gasteiger partial charge >= 0.3 is 0 Å². The molecule has 0 atom stereocenters. The highest BCUT2D eigenvalue weighted by Crippen LogP contribution is 2.25. The molecule has 184 valence electrons. The highest BCUT2D eigenvalue weighted by molar-refractivity contribution is 5.92. The number of carbonyl (C=O) groups is 1. The quantitative estimate of drug-likeness (QED) is 0.350. The van der Waals surface area contributed by atoms with E-state index in [9.17, 15) is 9.59 Å². The molecule has 0 saturated carbocycles. The maximum absolute atomic E-state index is 13.0. The van der Waals surface area contributed by atoms with Gasteiger partial charge in [-0.2, -0.15) is 9.78 Å². The highest BCUT2D eigenvalue weighted by Gasteiger charge is 2.20. The Labute approximate surface area is 213 Å². The van der Waals surface area contributed by atoms with E-state index in [0.717, 1.165) is 53.6 Å². The number of aromatic nitrogens is 4. The second-order valence-corrected chi connectivity index (χ2v) is 9.11. The Bertz CT molecular complexity index is 1600. The fourth-order valence-corrected chi connectivity index (χ4v) is 4.68. The van der Waals surface area contributed by atoms with Crippen LogP contribution in [0.5, 0.6) is 0 Å². The lowest BCUT2D eigenvalue weighted by Gasteiger charge is -2.15. The van der Waals surface area contributed by atoms with Gasteiger partial charge in [0, 0.05) is 11.6 Å². The number of furan rings is 1. The van der Waals surface area contributed by atoms with Crippen molar-refractivity contribution in [2.75, 3.05) is 5.32 Å². The third-order valence-corrected chi connectivity index (χ3v) is 6.56. The van der Waals surface area contributed by atoms with Crippen LogP contribution in [0.3, 0.4) is 0 Å². The number of fused-ring (bicyclic) bond motifs is 1. The number of nitrogens with zero attached hydrogens (tertiary/aromatic N) is 3. The van der Waals surface area contributed by atoms with E-state index in [1.54, 1.807) is 24.5 Å². The van der Waals surface area contributed by atoms with E-state index in [2.05, 4.69) is 27.5 Å². The van der Waals surface area contributed by atoms with Crippen molar-refractivity contribution in [2.24, 2.45) is 0 Å². The number of carbonyl (C=O) groups excluding carboxylic acids is 1. The first-order valence-corrected chi connectivity index (χ1v) is 12.3. The van der Waals surface area contributed by atoms with Crippen molar-refractivity contribution < 1.29 is 9.21 Å². The zero-order chi connectivity index (χ0) is 25.2. The molecule has 8 heteroatoms. The SMILES string of the molecule is O=C(Cc1ccc(-c2ccccc2)cc1)Nc1cc(-c2ccco2)nn1-c1nc2c(c(=O)[nH]1)CCCC2. The molecule has 1 amide bonds. The Balaban J connectivity index is 1.28. The topological polar surface area (TPSA) is 106 Å². The van der Waals surface area contributed by atoms with E-state index in [4.69, 9.17) is 9.40 Å². The number of benzene rings is 2. The van der Waals surface area contributed by atoms with Gasteiger partial charge in [-0.05, 0) is 54.5 Å². The van der Waals surface area contributed by atoms with Crippen LogP contribution in [0, 0.1) is 0 Å². The molecule has 5 aromatic rings. The predicted molar refractivity (Wildman–Crippen MR) is 141 cm³/mol. The van der Waals surface area contributed by atoms with Gasteiger partial charge in [0.25, 0.3) is 5.56 Å². The number of hydrogen-bond donors (Lipinski definition) is 2. The maximum atomic E-state index is 13.0. The number of nitrogens with one attached hydrogen (secondary N) is 2. The van der Waals surface area contributed by atoms with Crippen LogP contribution < -0.4 is 10.9 Å². The van der Waals surface area contributed by atoms with E-state index in [1.807, 2.05) is 42.5 Å². The molecule has 0 radical (unpaired) electrons. The number of amides is 1. The van der Waals surface area contributed by atoms with Crippen LogP contribution in [0.2, 0.25) is 0 Å². The van der Waals surface area contributed by atoms with E-state index in [-0.39, 0.29) is 23.8 Å². The van der Waals surface area contributed by atoms with Crippen LogP contribution in [-0.4, -0.2) is 25.7 Å². The van der Waals surface area contributed by atoms with Gasteiger partial charge in [0.2, 0.25) is 11.9 Å². The molecule has 1 aliphatic rings. The summed E-state index contributed by atoms with van der Waals surface area (Å²) in [5.41, 5.74) is 4.98. The van der Waals surface area contributed by atoms with Crippen molar-refractivity contribution in [3.05, 3.63) is 106 Å². The van der Waals surface area contributed by atoms with Crippen LogP contribution in [0.1, 0.15) is 29.7 Å². The Morgan fingerprint density at radius 3 is 2.54 bits per heavy atom. The summed E-state index contributed by atoms with van der Waals surface area (Å²) in [6, 6.07) is 23.3. The largest absolute Gasteiger partial charge is 0.463 e. The van der Waals surface area contributed by atoms with Crippen molar-refractivity contribution in [1.82, 2.24) is 19.7 Å². The minimum atomic E-state index is -0.208. The standard InChI is InChI=1S/C29H25N5O3/c35-27(17-19-12-14-21(15-13-19)20-7-2-1-3-8-20)31-26-18-24(25-11-6-16-37-25)33-34(26)29-30-23-10-5-4-9-22(23)28(36)32-29/h1-3,6-8,11-16,18H,4-5,9-10,17H2,(H,31,35)(H,30,32,36). The Hall–Kier alpha value is -4.72. The lowest BCUT2D eigenvalue weighted by atomic mass is 9.97. The summed E-state index contributed by atoms with van der Waals surface area (Å²) >= 11 is 0. The fourth-order valence-electron chi connectivity index (χ4n) is 4.68. The molecule has 3 heterocycles. The van der Waals surface area contributed by atoms with Gasteiger partial charge in [0.15, 0.2) is 5.76 Å². The van der Waals surface area contributed by atoms with Crippen LogP contribution >= 0.6 is 0 Å². The number of aromatic amines is 1. The van der Waals surface area contributed by atoms with E-state index >= 15 is 0 Å². The number of H-pyrrole nitrogens is 1. The molecule has 8 nitrogen and oxygen atoms in total. The zero-order valence-electron chi connectivity index (χ0n) is 20.1. The smallest absolute Gasteiger partial charge is 0.255 e. The number of hydrogen-bond acceptors (Lipinski definition) is 5. The lowest BCUT2D eigenvalue weighted by Crippen LogP contribution is -2.25. The summed E-state index contributed by atoms with van der Waals surface area (Å²) in [5, 5.41) is 7.54. The van der Waals surface area contributed by atoms with E-state index in [0.29, 0.717) is 17.3 Å². The van der Waals surface area contributed by atoms with Crippen LogP contribution in [0.15, 0.2) is 88.3 Å². The minimum Gasteiger partial charge on any atom is -0.463 e. The van der Waals surface area contributed by atoms with Crippen molar-refractivity contribution >= 4 is 11.7 Å². The summed E-state index contributed by atoms with van der Waals surface area (Å²) in [5.74, 6) is 1.01. The second-order valence-electron chi connectivity index (χ2n) is 9.11. The molecule has 0 unspecified atom stereocenters. The van der Waals surface area contributed by atoms with Gasteiger partial charge in [-0.1, -0.05) is 54.6 Å². The minimum absolute atomic E-state index is 0.162. The normalized spacial score (nSPS) is 12.8. The predicted octanol–water partition coefficient (Wildman–Crippen LogP) is 4.94.